The Labute approximate surface area is 102 Å². The molecule has 17 heavy (non-hydrogen) atoms. The van der Waals surface area contributed by atoms with Gasteiger partial charge in [-0.05, 0) is 30.7 Å². The maximum Gasteiger partial charge on any atom is 0.168 e. The van der Waals surface area contributed by atoms with Crippen LogP contribution in [-0.4, -0.2) is 28.4 Å². The molecule has 0 amide bonds. The van der Waals surface area contributed by atoms with Crippen LogP contribution in [0.5, 0.6) is 11.5 Å². The molecule has 0 aliphatic rings. The zero-order valence-corrected chi connectivity index (χ0v) is 11.0. The Morgan fingerprint density at radius 3 is 2.53 bits per heavy atom. The Hall–Kier alpha value is -1.49. The van der Waals surface area contributed by atoms with E-state index in [2.05, 4.69) is 0 Å². The van der Waals surface area contributed by atoms with E-state index in [4.69, 9.17) is 9.47 Å². The van der Waals surface area contributed by atoms with Crippen LogP contribution >= 0.6 is 0 Å². The zero-order chi connectivity index (χ0) is 12.9. The van der Waals surface area contributed by atoms with E-state index >= 15 is 0 Å². The Morgan fingerprint density at radius 1 is 1.29 bits per heavy atom. The fourth-order valence-corrected chi connectivity index (χ4v) is 1.67. The lowest BCUT2D eigenvalue weighted by atomic mass is 10.2. The van der Waals surface area contributed by atoms with Gasteiger partial charge in [-0.15, -0.1) is 0 Å². The third-order valence-corrected chi connectivity index (χ3v) is 2.63. The Morgan fingerprint density at radius 2 is 2.00 bits per heavy atom. The van der Waals surface area contributed by atoms with Gasteiger partial charge in [-0.2, -0.15) is 0 Å². The summed E-state index contributed by atoms with van der Waals surface area (Å²) in [5.41, 5.74) is 0.750. The normalized spacial score (nSPS) is 11.7. The number of methoxy groups -OCH3 is 1. The highest BCUT2D eigenvalue weighted by Crippen LogP contribution is 2.28. The predicted molar refractivity (Wildman–Crippen MR) is 68.0 cm³/mol. The van der Waals surface area contributed by atoms with Gasteiger partial charge in [0, 0.05) is 11.7 Å². The lowest BCUT2D eigenvalue weighted by Crippen LogP contribution is -1.95. The number of sulfone groups is 1. The zero-order valence-electron chi connectivity index (χ0n) is 10.1. The van der Waals surface area contributed by atoms with E-state index in [1.165, 1.54) is 6.08 Å². The minimum atomic E-state index is -3.12. The van der Waals surface area contributed by atoms with Gasteiger partial charge in [-0.1, -0.05) is 6.07 Å². The van der Waals surface area contributed by atoms with Gasteiger partial charge < -0.3 is 9.47 Å². The molecule has 0 aliphatic carbocycles. The van der Waals surface area contributed by atoms with Crippen molar-refractivity contribution in [1.82, 2.24) is 0 Å². The molecule has 0 atom stereocenters. The second-order valence-electron chi connectivity index (χ2n) is 3.48. The third-order valence-electron chi connectivity index (χ3n) is 2.00. The molecule has 4 nitrogen and oxygen atoms in total. The maximum atomic E-state index is 11.0. The van der Waals surface area contributed by atoms with E-state index in [1.54, 1.807) is 25.3 Å². The number of benzene rings is 1. The average Bonchev–Trinajstić information content (AvgIpc) is 2.26. The van der Waals surface area contributed by atoms with Crippen molar-refractivity contribution in [2.45, 2.75) is 6.92 Å². The Balaban J connectivity index is 3.04. The van der Waals surface area contributed by atoms with Crippen LogP contribution in [0.3, 0.4) is 0 Å². The van der Waals surface area contributed by atoms with Crippen molar-refractivity contribution in [2.24, 2.45) is 0 Å². The van der Waals surface area contributed by atoms with Gasteiger partial charge in [0.2, 0.25) is 0 Å². The quantitative estimate of drug-likeness (QED) is 0.809. The van der Waals surface area contributed by atoms with Crippen LogP contribution in [0, 0.1) is 0 Å². The smallest absolute Gasteiger partial charge is 0.168 e. The molecule has 0 saturated carbocycles. The van der Waals surface area contributed by atoms with Crippen molar-refractivity contribution in [3.05, 3.63) is 29.2 Å². The molecule has 0 unspecified atom stereocenters. The number of ether oxygens (including phenoxy) is 2. The van der Waals surface area contributed by atoms with Gasteiger partial charge >= 0.3 is 0 Å². The predicted octanol–water partition coefficient (Wildman–Crippen LogP) is 2.11. The summed E-state index contributed by atoms with van der Waals surface area (Å²) in [6, 6.07) is 5.25. The lowest BCUT2D eigenvalue weighted by molar-refractivity contribution is 0.311. The summed E-state index contributed by atoms with van der Waals surface area (Å²) in [4.78, 5) is 0. The van der Waals surface area contributed by atoms with Gasteiger partial charge in [-0.25, -0.2) is 8.42 Å². The van der Waals surface area contributed by atoms with E-state index in [0.29, 0.717) is 18.1 Å². The molecule has 0 heterocycles. The summed E-state index contributed by atoms with van der Waals surface area (Å²) >= 11 is 0. The lowest BCUT2D eigenvalue weighted by Gasteiger charge is -2.09. The van der Waals surface area contributed by atoms with Gasteiger partial charge in [0.15, 0.2) is 21.3 Å². The molecule has 0 radical (unpaired) electrons. The molecule has 0 fully saturated rings. The first-order valence-corrected chi connectivity index (χ1v) is 7.10. The van der Waals surface area contributed by atoms with Crippen LogP contribution in [0.2, 0.25) is 0 Å². The van der Waals surface area contributed by atoms with Crippen molar-refractivity contribution in [1.29, 1.82) is 0 Å². The van der Waals surface area contributed by atoms with Crippen LogP contribution in [-0.2, 0) is 9.84 Å². The van der Waals surface area contributed by atoms with Crippen molar-refractivity contribution >= 4 is 15.9 Å². The minimum absolute atomic E-state index is 0.523. The van der Waals surface area contributed by atoms with E-state index in [-0.39, 0.29) is 0 Å². The summed E-state index contributed by atoms with van der Waals surface area (Å²) in [7, 11) is -1.56. The van der Waals surface area contributed by atoms with Gasteiger partial charge in [0.05, 0.1) is 13.7 Å². The monoisotopic (exact) mass is 256 g/mol. The second kappa shape index (κ2) is 5.72. The first-order valence-electron chi connectivity index (χ1n) is 5.15. The molecule has 1 aromatic carbocycles. The summed E-state index contributed by atoms with van der Waals surface area (Å²) in [5, 5.41) is 1.16. The first-order chi connectivity index (χ1) is 7.96. The molecule has 0 spiro atoms. The Kier molecular flexibility index (Phi) is 4.57. The van der Waals surface area contributed by atoms with E-state index < -0.39 is 9.84 Å². The molecule has 1 aromatic rings. The van der Waals surface area contributed by atoms with Crippen molar-refractivity contribution in [2.75, 3.05) is 20.0 Å². The molecule has 0 aromatic heterocycles. The molecule has 0 aliphatic heterocycles. The van der Waals surface area contributed by atoms with Crippen molar-refractivity contribution < 1.29 is 17.9 Å². The average molecular weight is 256 g/mol. The first kappa shape index (κ1) is 13.6. The number of rotatable bonds is 5. The topological polar surface area (TPSA) is 52.6 Å². The molecular formula is C12H16O4S. The Bertz CT molecular complexity index is 503. The standard InChI is InChI=1S/C12H16O4S/c1-4-16-12-9-10(5-6-11(12)15-2)7-8-17(3,13)14/h5-9H,4H2,1-3H3/b8-7-. The maximum absolute atomic E-state index is 11.0. The molecule has 5 heteroatoms. The van der Waals surface area contributed by atoms with Crippen LogP contribution in [0.4, 0.5) is 0 Å². The third kappa shape index (κ3) is 4.48. The SMILES string of the molecule is CCOc1cc(/C=C\S(C)(=O)=O)ccc1OC. The summed E-state index contributed by atoms with van der Waals surface area (Å²) < 4.78 is 32.5. The van der Waals surface area contributed by atoms with Gasteiger partial charge in [0.25, 0.3) is 0 Å². The fourth-order valence-electron chi connectivity index (χ4n) is 1.27. The number of hydrogen-bond acceptors (Lipinski definition) is 4. The number of hydrogen-bond donors (Lipinski definition) is 0. The molecule has 94 valence electrons. The minimum Gasteiger partial charge on any atom is -0.493 e. The molecule has 1 rings (SSSR count). The molecule has 0 bridgehead atoms. The highest BCUT2D eigenvalue weighted by atomic mass is 32.2. The molecule has 0 N–H and O–H groups in total. The van der Waals surface area contributed by atoms with E-state index in [9.17, 15) is 8.42 Å². The van der Waals surface area contributed by atoms with Crippen molar-refractivity contribution in [3.63, 3.8) is 0 Å². The summed E-state index contributed by atoms with van der Waals surface area (Å²) in [6.45, 7) is 2.40. The van der Waals surface area contributed by atoms with Gasteiger partial charge in [0.1, 0.15) is 0 Å². The second-order valence-corrected chi connectivity index (χ2v) is 5.41. The summed E-state index contributed by atoms with van der Waals surface area (Å²) in [6.07, 6.45) is 2.67. The summed E-state index contributed by atoms with van der Waals surface area (Å²) in [5.74, 6) is 1.23. The van der Waals surface area contributed by atoms with Crippen LogP contribution < -0.4 is 9.47 Å². The fraction of sp³-hybridized carbons (Fsp3) is 0.333. The van der Waals surface area contributed by atoms with Crippen LogP contribution in [0.25, 0.3) is 6.08 Å². The van der Waals surface area contributed by atoms with Crippen LogP contribution in [0.15, 0.2) is 23.6 Å². The van der Waals surface area contributed by atoms with Gasteiger partial charge in [-0.3, -0.25) is 0 Å². The highest BCUT2D eigenvalue weighted by Gasteiger charge is 2.04. The molecular weight excluding hydrogens is 240 g/mol. The van der Waals surface area contributed by atoms with Crippen molar-refractivity contribution in [3.8, 4) is 11.5 Å². The van der Waals surface area contributed by atoms with E-state index in [0.717, 1.165) is 17.2 Å². The van der Waals surface area contributed by atoms with Crippen LogP contribution in [0.1, 0.15) is 12.5 Å². The largest absolute Gasteiger partial charge is 0.493 e. The molecule has 0 saturated heterocycles. The van der Waals surface area contributed by atoms with E-state index in [1.807, 2.05) is 6.92 Å². The highest BCUT2D eigenvalue weighted by molar-refractivity contribution is 7.93.